The van der Waals surface area contributed by atoms with Gasteiger partial charge in [0.25, 0.3) is 0 Å². The standard InChI is InChI=1S/C23H24ClNO3.ClH/c1-26-20-10-7-17(8-11-20)14-25-15-18-9-12-22(23(13-18)27-2)28-16-19-5-3-4-6-21(19)24;/h3-13,25H,14-16H2,1-2H3;1H. The summed E-state index contributed by atoms with van der Waals surface area (Å²) in [5, 5.41) is 4.13. The van der Waals surface area contributed by atoms with Crippen molar-refractivity contribution in [2.24, 2.45) is 0 Å². The molecule has 0 aliphatic rings. The molecule has 0 heterocycles. The van der Waals surface area contributed by atoms with Crippen molar-refractivity contribution < 1.29 is 14.2 Å². The zero-order valence-corrected chi connectivity index (χ0v) is 18.1. The SMILES string of the molecule is COc1ccc(CNCc2ccc(OCc3ccccc3Cl)c(OC)c2)cc1.Cl. The Bertz CT molecular complexity index is 901. The van der Waals surface area contributed by atoms with Gasteiger partial charge in [0.2, 0.25) is 0 Å². The highest BCUT2D eigenvalue weighted by molar-refractivity contribution is 6.31. The molecule has 1 N–H and O–H groups in total. The summed E-state index contributed by atoms with van der Waals surface area (Å²) in [6, 6.07) is 21.6. The summed E-state index contributed by atoms with van der Waals surface area (Å²) < 4.78 is 16.6. The number of hydrogen-bond acceptors (Lipinski definition) is 4. The summed E-state index contributed by atoms with van der Waals surface area (Å²) in [7, 11) is 3.31. The van der Waals surface area contributed by atoms with Crippen molar-refractivity contribution in [3.8, 4) is 17.2 Å². The van der Waals surface area contributed by atoms with E-state index in [0.29, 0.717) is 23.1 Å². The molecule has 0 amide bonds. The van der Waals surface area contributed by atoms with Crippen LogP contribution in [0.1, 0.15) is 16.7 Å². The highest BCUT2D eigenvalue weighted by Crippen LogP contribution is 2.29. The molecule has 0 aliphatic carbocycles. The third kappa shape index (κ3) is 6.57. The van der Waals surface area contributed by atoms with Crippen LogP contribution >= 0.6 is 24.0 Å². The van der Waals surface area contributed by atoms with Crippen LogP contribution in [-0.2, 0) is 19.7 Å². The smallest absolute Gasteiger partial charge is 0.161 e. The van der Waals surface area contributed by atoms with Gasteiger partial charge in [-0.2, -0.15) is 0 Å². The lowest BCUT2D eigenvalue weighted by Crippen LogP contribution is -2.12. The Morgan fingerprint density at radius 3 is 2.17 bits per heavy atom. The highest BCUT2D eigenvalue weighted by atomic mass is 35.5. The van der Waals surface area contributed by atoms with Crippen LogP contribution in [0.2, 0.25) is 5.02 Å². The van der Waals surface area contributed by atoms with Gasteiger partial charge in [0.15, 0.2) is 11.5 Å². The fourth-order valence-electron chi connectivity index (χ4n) is 2.81. The minimum absolute atomic E-state index is 0. The molecule has 154 valence electrons. The molecule has 0 radical (unpaired) electrons. The number of halogens is 2. The lowest BCUT2D eigenvalue weighted by molar-refractivity contribution is 0.284. The number of benzene rings is 3. The Hall–Kier alpha value is -2.40. The van der Waals surface area contributed by atoms with E-state index in [0.717, 1.165) is 30.0 Å². The molecule has 3 rings (SSSR count). The summed E-state index contributed by atoms with van der Waals surface area (Å²) >= 11 is 6.19. The van der Waals surface area contributed by atoms with Gasteiger partial charge in [0.05, 0.1) is 14.2 Å². The van der Waals surface area contributed by atoms with Crippen LogP contribution in [-0.4, -0.2) is 14.2 Å². The molecule has 0 saturated carbocycles. The number of hydrogen-bond donors (Lipinski definition) is 1. The second kappa shape index (κ2) is 11.6. The van der Waals surface area contributed by atoms with Gasteiger partial charge in [0, 0.05) is 23.7 Å². The van der Waals surface area contributed by atoms with Gasteiger partial charge >= 0.3 is 0 Å². The van der Waals surface area contributed by atoms with Gasteiger partial charge in [-0.05, 0) is 41.5 Å². The van der Waals surface area contributed by atoms with Crippen LogP contribution in [0.3, 0.4) is 0 Å². The lowest BCUT2D eigenvalue weighted by atomic mass is 10.1. The molecule has 0 saturated heterocycles. The molecule has 3 aromatic rings. The van der Waals surface area contributed by atoms with Gasteiger partial charge in [-0.1, -0.05) is 48.0 Å². The summed E-state index contributed by atoms with van der Waals surface area (Å²) in [4.78, 5) is 0. The molecule has 3 aromatic carbocycles. The van der Waals surface area contributed by atoms with E-state index < -0.39 is 0 Å². The number of methoxy groups -OCH3 is 2. The largest absolute Gasteiger partial charge is 0.497 e. The fraction of sp³-hybridized carbons (Fsp3) is 0.217. The van der Waals surface area contributed by atoms with Crippen LogP contribution in [0.25, 0.3) is 0 Å². The van der Waals surface area contributed by atoms with E-state index >= 15 is 0 Å². The number of ether oxygens (including phenoxy) is 3. The minimum Gasteiger partial charge on any atom is -0.497 e. The Kier molecular flexibility index (Phi) is 9.13. The predicted octanol–water partition coefficient (Wildman–Crippen LogP) is 5.65. The predicted molar refractivity (Wildman–Crippen MR) is 120 cm³/mol. The van der Waals surface area contributed by atoms with Crippen LogP contribution in [0.15, 0.2) is 66.7 Å². The highest BCUT2D eigenvalue weighted by Gasteiger charge is 2.08. The molecule has 6 heteroatoms. The minimum atomic E-state index is 0. The van der Waals surface area contributed by atoms with Crippen molar-refractivity contribution in [1.82, 2.24) is 5.32 Å². The van der Waals surface area contributed by atoms with Crippen molar-refractivity contribution in [1.29, 1.82) is 0 Å². The van der Waals surface area contributed by atoms with E-state index in [4.69, 9.17) is 25.8 Å². The van der Waals surface area contributed by atoms with E-state index in [1.54, 1.807) is 14.2 Å². The Labute approximate surface area is 183 Å². The van der Waals surface area contributed by atoms with Crippen LogP contribution in [0, 0.1) is 0 Å². The second-order valence-corrected chi connectivity index (χ2v) is 6.72. The zero-order chi connectivity index (χ0) is 19.8. The molecule has 0 spiro atoms. The van der Waals surface area contributed by atoms with E-state index in [9.17, 15) is 0 Å². The maximum atomic E-state index is 6.19. The van der Waals surface area contributed by atoms with Gasteiger partial charge < -0.3 is 19.5 Å². The molecule has 0 aliphatic heterocycles. The van der Waals surface area contributed by atoms with Gasteiger partial charge in [0.1, 0.15) is 12.4 Å². The van der Waals surface area contributed by atoms with Gasteiger partial charge in [-0.25, -0.2) is 0 Å². The molecule has 29 heavy (non-hydrogen) atoms. The normalized spacial score (nSPS) is 10.2. The summed E-state index contributed by atoms with van der Waals surface area (Å²) in [6.45, 7) is 1.90. The average Bonchev–Trinajstić information content (AvgIpc) is 2.74. The van der Waals surface area contributed by atoms with E-state index in [1.165, 1.54) is 5.56 Å². The first-order valence-corrected chi connectivity index (χ1v) is 9.44. The van der Waals surface area contributed by atoms with Crippen molar-refractivity contribution in [3.63, 3.8) is 0 Å². The first-order chi connectivity index (χ1) is 13.7. The Morgan fingerprint density at radius 2 is 1.48 bits per heavy atom. The topological polar surface area (TPSA) is 39.7 Å². The molecule has 0 unspecified atom stereocenters. The number of rotatable bonds is 9. The lowest BCUT2D eigenvalue weighted by Gasteiger charge is -2.13. The second-order valence-electron chi connectivity index (χ2n) is 6.32. The molecular formula is C23H25Cl2NO3. The Morgan fingerprint density at radius 1 is 0.793 bits per heavy atom. The van der Waals surface area contributed by atoms with Crippen molar-refractivity contribution in [3.05, 3.63) is 88.4 Å². The quantitative estimate of drug-likeness (QED) is 0.473. The van der Waals surface area contributed by atoms with Crippen LogP contribution in [0.4, 0.5) is 0 Å². The van der Waals surface area contributed by atoms with Crippen LogP contribution in [0.5, 0.6) is 17.2 Å². The first kappa shape index (κ1) is 22.9. The summed E-state index contributed by atoms with van der Waals surface area (Å²) in [5.41, 5.74) is 3.26. The zero-order valence-electron chi connectivity index (χ0n) is 16.5. The van der Waals surface area contributed by atoms with E-state index in [1.807, 2.05) is 54.6 Å². The Balaban J connectivity index is 0.00000300. The van der Waals surface area contributed by atoms with E-state index in [-0.39, 0.29) is 12.4 Å². The third-order valence-electron chi connectivity index (χ3n) is 4.39. The molecule has 0 fully saturated rings. The fourth-order valence-corrected chi connectivity index (χ4v) is 3.00. The van der Waals surface area contributed by atoms with Crippen molar-refractivity contribution in [2.75, 3.05) is 14.2 Å². The third-order valence-corrected chi connectivity index (χ3v) is 4.76. The maximum absolute atomic E-state index is 6.19. The number of nitrogens with one attached hydrogen (secondary N) is 1. The first-order valence-electron chi connectivity index (χ1n) is 9.06. The van der Waals surface area contributed by atoms with Gasteiger partial charge in [-0.3, -0.25) is 0 Å². The molecule has 0 aromatic heterocycles. The van der Waals surface area contributed by atoms with Crippen molar-refractivity contribution >= 4 is 24.0 Å². The van der Waals surface area contributed by atoms with Gasteiger partial charge in [-0.15, -0.1) is 12.4 Å². The summed E-state index contributed by atoms with van der Waals surface area (Å²) in [5.74, 6) is 2.26. The molecular weight excluding hydrogens is 409 g/mol. The average molecular weight is 434 g/mol. The van der Waals surface area contributed by atoms with Crippen LogP contribution < -0.4 is 19.5 Å². The monoisotopic (exact) mass is 433 g/mol. The van der Waals surface area contributed by atoms with Crippen molar-refractivity contribution in [2.45, 2.75) is 19.7 Å². The molecule has 0 bridgehead atoms. The maximum Gasteiger partial charge on any atom is 0.161 e. The molecule has 0 atom stereocenters. The molecule has 4 nitrogen and oxygen atoms in total. The van der Waals surface area contributed by atoms with E-state index in [2.05, 4.69) is 17.4 Å². The summed E-state index contributed by atoms with van der Waals surface area (Å²) in [6.07, 6.45) is 0.